The molecule has 0 saturated heterocycles. The Hall–Kier alpha value is -4.20. The van der Waals surface area contributed by atoms with E-state index in [4.69, 9.17) is 43.1 Å². The summed E-state index contributed by atoms with van der Waals surface area (Å²) in [6.45, 7) is 0. The van der Waals surface area contributed by atoms with Gasteiger partial charge in [0.05, 0.1) is 32.5 Å². The van der Waals surface area contributed by atoms with Gasteiger partial charge in [-0.15, -0.1) is 22.7 Å². The molecule has 0 spiro atoms. The lowest BCUT2D eigenvalue weighted by Crippen LogP contribution is -1.97. The van der Waals surface area contributed by atoms with Crippen LogP contribution in [0.1, 0.15) is 0 Å². The fraction of sp³-hybridized carbons (Fsp3) is 0. The maximum absolute atomic E-state index is 6.17. The van der Waals surface area contributed by atoms with Crippen molar-refractivity contribution < 1.29 is 0 Å². The summed E-state index contributed by atoms with van der Waals surface area (Å²) in [5.41, 5.74) is 7.07. The van der Waals surface area contributed by atoms with Crippen LogP contribution in [0.3, 0.4) is 0 Å². The number of aromatic nitrogens is 4. The molecule has 0 aliphatic rings. The number of rotatable bonds is 6. The molecule has 7 aromatic rings. The highest BCUT2D eigenvalue weighted by Crippen LogP contribution is 2.33. The van der Waals surface area contributed by atoms with Crippen LogP contribution in [0, 0.1) is 0 Å². The van der Waals surface area contributed by atoms with E-state index in [1.807, 2.05) is 91.0 Å². The zero-order valence-electron chi connectivity index (χ0n) is 21.9. The number of hydrogen-bond donors (Lipinski definition) is 0. The summed E-state index contributed by atoms with van der Waals surface area (Å²) < 4.78 is 0. The molecule has 42 heavy (non-hydrogen) atoms. The third-order valence-corrected chi connectivity index (χ3v) is 8.95. The number of hydrogen-bond acceptors (Lipinski definition) is 6. The molecule has 0 aliphatic heterocycles. The first-order valence-corrected chi connectivity index (χ1v) is 15.6. The van der Waals surface area contributed by atoms with Gasteiger partial charge in [-0.1, -0.05) is 77.8 Å². The van der Waals surface area contributed by atoms with E-state index in [1.54, 1.807) is 22.7 Å². The lowest BCUT2D eigenvalue weighted by Gasteiger charge is -2.11. The highest BCUT2D eigenvalue weighted by molar-refractivity contribution is 7.13. The van der Waals surface area contributed by atoms with Crippen molar-refractivity contribution in [1.29, 1.82) is 0 Å². The molecular formula is C34H20Cl2N4S2. The molecule has 7 rings (SSSR count). The monoisotopic (exact) mass is 618 g/mol. The van der Waals surface area contributed by atoms with Crippen molar-refractivity contribution in [3.63, 3.8) is 0 Å². The second kappa shape index (κ2) is 11.6. The summed E-state index contributed by atoms with van der Waals surface area (Å²) >= 11 is 15.6. The first-order chi connectivity index (χ1) is 20.6. The summed E-state index contributed by atoms with van der Waals surface area (Å²) in [6.07, 6.45) is 0. The second-order valence-electron chi connectivity index (χ2n) is 9.47. The molecular weight excluding hydrogens is 599 g/mol. The molecule has 0 radical (unpaired) electrons. The summed E-state index contributed by atoms with van der Waals surface area (Å²) in [7, 11) is 0. The molecule has 0 amide bonds. The van der Waals surface area contributed by atoms with Crippen molar-refractivity contribution in [3.05, 3.63) is 130 Å². The van der Waals surface area contributed by atoms with Gasteiger partial charge in [-0.25, -0.2) is 19.9 Å². The predicted octanol–water partition coefficient (Wildman–Crippen LogP) is 10.7. The van der Waals surface area contributed by atoms with Crippen molar-refractivity contribution >= 4 is 45.9 Å². The van der Waals surface area contributed by atoms with Gasteiger partial charge in [-0.3, -0.25) is 0 Å². The Morgan fingerprint density at radius 2 is 0.833 bits per heavy atom. The Labute approximate surface area is 261 Å². The summed E-state index contributed by atoms with van der Waals surface area (Å²) in [4.78, 5) is 22.1. The number of benzene rings is 3. The minimum Gasteiger partial charge on any atom is -0.228 e. The van der Waals surface area contributed by atoms with Crippen LogP contribution < -0.4 is 0 Å². The average Bonchev–Trinajstić information content (AvgIpc) is 3.77. The standard InChI is InChI=1S/C34H20Cl2N4S2/c35-25-12-8-21(9-13-25)27-19-29(31-6-2-16-41-31)39-33(37-27)23-4-1-5-24(18-23)34-38-28(22-10-14-26(36)15-11-22)20-30(40-34)32-7-3-17-42-32/h1-20H. The van der Waals surface area contributed by atoms with Crippen LogP contribution in [0.25, 0.3) is 66.4 Å². The Kier molecular flexibility index (Phi) is 7.36. The Morgan fingerprint density at radius 3 is 1.24 bits per heavy atom. The van der Waals surface area contributed by atoms with Gasteiger partial charge in [0.1, 0.15) is 0 Å². The van der Waals surface area contributed by atoms with Crippen LogP contribution >= 0.6 is 45.9 Å². The third-order valence-electron chi connectivity index (χ3n) is 6.66. The molecule has 0 unspecified atom stereocenters. The molecule has 4 heterocycles. The Morgan fingerprint density at radius 1 is 0.405 bits per heavy atom. The molecule has 0 bridgehead atoms. The van der Waals surface area contributed by atoms with Gasteiger partial charge in [0.2, 0.25) is 0 Å². The van der Waals surface area contributed by atoms with Crippen molar-refractivity contribution in [2.45, 2.75) is 0 Å². The van der Waals surface area contributed by atoms with Crippen LogP contribution in [-0.2, 0) is 0 Å². The van der Waals surface area contributed by atoms with Gasteiger partial charge in [-0.05, 0) is 65.4 Å². The quantitative estimate of drug-likeness (QED) is 0.186. The maximum Gasteiger partial charge on any atom is 0.160 e. The minimum absolute atomic E-state index is 0.625. The molecule has 4 aromatic heterocycles. The second-order valence-corrected chi connectivity index (χ2v) is 12.2. The lowest BCUT2D eigenvalue weighted by molar-refractivity contribution is 1.17. The Bertz CT molecular complexity index is 1850. The molecule has 4 nitrogen and oxygen atoms in total. The molecule has 0 N–H and O–H groups in total. The van der Waals surface area contributed by atoms with E-state index in [0.29, 0.717) is 21.7 Å². The number of halogens is 2. The van der Waals surface area contributed by atoms with Crippen LogP contribution in [0.2, 0.25) is 10.0 Å². The summed E-state index contributed by atoms with van der Waals surface area (Å²) in [5, 5.41) is 5.47. The van der Waals surface area contributed by atoms with E-state index < -0.39 is 0 Å². The largest absolute Gasteiger partial charge is 0.228 e. The average molecular weight is 620 g/mol. The van der Waals surface area contributed by atoms with E-state index in [1.165, 1.54) is 0 Å². The van der Waals surface area contributed by atoms with Crippen molar-refractivity contribution in [2.24, 2.45) is 0 Å². The van der Waals surface area contributed by atoms with E-state index in [0.717, 1.165) is 54.8 Å². The van der Waals surface area contributed by atoms with Gasteiger partial charge in [0.25, 0.3) is 0 Å². The zero-order valence-corrected chi connectivity index (χ0v) is 25.1. The van der Waals surface area contributed by atoms with E-state index in [-0.39, 0.29) is 0 Å². The zero-order chi connectivity index (χ0) is 28.5. The van der Waals surface area contributed by atoms with Crippen molar-refractivity contribution in [1.82, 2.24) is 19.9 Å². The third kappa shape index (κ3) is 5.62. The molecule has 0 fully saturated rings. The fourth-order valence-electron chi connectivity index (χ4n) is 4.59. The van der Waals surface area contributed by atoms with Crippen LogP contribution in [0.4, 0.5) is 0 Å². The van der Waals surface area contributed by atoms with E-state index in [2.05, 4.69) is 29.0 Å². The molecule has 8 heteroatoms. The Balaban J connectivity index is 1.36. The normalized spacial score (nSPS) is 11.1. The minimum atomic E-state index is 0.625. The number of nitrogens with zero attached hydrogens (tertiary/aromatic N) is 4. The van der Waals surface area contributed by atoms with E-state index >= 15 is 0 Å². The molecule has 3 aromatic carbocycles. The van der Waals surface area contributed by atoms with Gasteiger partial charge >= 0.3 is 0 Å². The number of thiophene rings is 2. The maximum atomic E-state index is 6.17. The SMILES string of the molecule is Clc1ccc(-c2cc(-c3cccs3)nc(-c3cccc(-c4nc(-c5ccc(Cl)cc5)cc(-c5cccs5)n4)c3)n2)cc1. The molecule has 202 valence electrons. The molecule has 0 atom stereocenters. The summed E-state index contributed by atoms with van der Waals surface area (Å²) in [6, 6.07) is 35.7. The van der Waals surface area contributed by atoms with Gasteiger partial charge in [0, 0.05) is 32.3 Å². The smallest absolute Gasteiger partial charge is 0.160 e. The van der Waals surface area contributed by atoms with Crippen LogP contribution in [0.15, 0.2) is 120 Å². The fourth-order valence-corrected chi connectivity index (χ4v) is 6.21. The van der Waals surface area contributed by atoms with E-state index in [9.17, 15) is 0 Å². The predicted molar refractivity (Wildman–Crippen MR) is 176 cm³/mol. The van der Waals surface area contributed by atoms with Gasteiger partial charge in [0.15, 0.2) is 11.6 Å². The van der Waals surface area contributed by atoms with Gasteiger partial charge < -0.3 is 0 Å². The van der Waals surface area contributed by atoms with Crippen molar-refractivity contribution in [3.8, 4) is 66.4 Å². The summed E-state index contributed by atoms with van der Waals surface area (Å²) in [5.74, 6) is 1.25. The first-order valence-electron chi connectivity index (χ1n) is 13.1. The van der Waals surface area contributed by atoms with Crippen LogP contribution in [-0.4, -0.2) is 19.9 Å². The molecule has 0 aliphatic carbocycles. The van der Waals surface area contributed by atoms with Crippen LogP contribution in [0.5, 0.6) is 0 Å². The topological polar surface area (TPSA) is 51.6 Å². The van der Waals surface area contributed by atoms with Gasteiger partial charge in [-0.2, -0.15) is 0 Å². The lowest BCUT2D eigenvalue weighted by atomic mass is 10.1. The molecule has 0 saturated carbocycles. The first kappa shape index (κ1) is 26.7. The highest BCUT2D eigenvalue weighted by atomic mass is 35.5. The highest BCUT2D eigenvalue weighted by Gasteiger charge is 2.15. The van der Waals surface area contributed by atoms with Crippen molar-refractivity contribution in [2.75, 3.05) is 0 Å².